The van der Waals surface area contributed by atoms with Crippen LogP contribution in [0.15, 0.2) is 22.7 Å². The van der Waals surface area contributed by atoms with Gasteiger partial charge in [-0.05, 0) is 30.0 Å². The molecule has 1 heterocycles. The normalized spacial score (nSPS) is 21.5. The fraction of sp³-hybridized carbons (Fsp3) is 0.467. The van der Waals surface area contributed by atoms with Gasteiger partial charge in [0.25, 0.3) is 0 Å². The Morgan fingerprint density at radius 1 is 1.45 bits per heavy atom. The highest BCUT2D eigenvalue weighted by Crippen LogP contribution is 2.23. The van der Waals surface area contributed by atoms with Crippen molar-refractivity contribution in [3.63, 3.8) is 0 Å². The standard InChI is InChI=1S/C15H18BrClN2O3/c1-9-4-11(14(20)21)8-19(7-9)15(22)18-6-10-2-3-12(16)5-13(10)17/h2-3,5,9,11H,4,6-8H2,1H3,(H,18,22)(H,20,21). The van der Waals surface area contributed by atoms with Gasteiger partial charge in [-0.25, -0.2) is 4.79 Å². The predicted molar refractivity (Wildman–Crippen MR) is 87.9 cm³/mol. The molecule has 1 aromatic carbocycles. The van der Waals surface area contributed by atoms with E-state index in [9.17, 15) is 9.59 Å². The second kappa shape index (κ2) is 7.33. The molecule has 0 spiro atoms. The zero-order chi connectivity index (χ0) is 16.3. The number of halogens is 2. The molecule has 1 aliphatic rings. The van der Waals surface area contributed by atoms with Crippen LogP contribution >= 0.6 is 27.5 Å². The Morgan fingerprint density at radius 2 is 2.18 bits per heavy atom. The molecule has 2 amide bonds. The number of hydrogen-bond donors (Lipinski definition) is 2. The predicted octanol–water partition coefficient (Wildman–Crippen LogP) is 3.35. The summed E-state index contributed by atoms with van der Waals surface area (Å²) in [6.45, 7) is 3.10. The van der Waals surface area contributed by atoms with E-state index in [4.69, 9.17) is 16.7 Å². The summed E-state index contributed by atoms with van der Waals surface area (Å²) in [6.07, 6.45) is 0.609. The largest absolute Gasteiger partial charge is 0.481 e. The summed E-state index contributed by atoms with van der Waals surface area (Å²) in [4.78, 5) is 24.9. The van der Waals surface area contributed by atoms with Crippen molar-refractivity contribution >= 4 is 39.5 Å². The fourth-order valence-corrected chi connectivity index (χ4v) is 3.38. The van der Waals surface area contributed by atoms with Gasteiger partial charge in [0, 0.05) is 29.1 Å². The SMILES string of the molecule is CC1CC(C(=O)O)CN(C(=O)NCc2ccc(Br)cc2Cl)C1. The van der Waals surface area contributed by atoms with Crippen molar-refractivity contribution in [3.8, 4) is 0 Å². The van der Waals surface area contributed by atoms with E-state index < -0.39 is 11.9 Å². The number of hydrogen-bond acceptors (Lipinski definition) is 2. The number of piperidine rings is 1. The van der Waals surface area contributed by atoms with E-state index in [2.05, 4.69) is 21.2 Å². The Balaban J connectivity index is 1.95. The number of benzene rings is 1. The van der Waals surface area contributed by atoms with Crippen molar-refractivity contribution in [2.24, 2.45) is 11.8 Å². The van der Waals surface area contributed by atoms with Crippen LogP contribution in [0.4, 0.5) is 4.79 Å². The number of nitrogens with one attached hydrogen (secondary N) is 1. The van der Waals surface area contributed by atoms with Gasteiger partial charge < -0.3 is 15.3 Å². The molecule has 1 fully saturated rings. The zero-order valence-electron chi connectivity index (χ0n) is 12.2. The molecule has 0 radical (unpaired) electrons. The summed E-state index contributed by atoms with van der Waals surface area (Å²) in [7, 11) is 0. The van der Waals surface area contributed by atoms with Crippen LogP contribution in [0, 0.1) is 11.8 Å². The van der Waals surface area contributed by atoms with Crippen LogP contribution in [0.5, 0.6) is 0 Å². The van der Waals surface area contributed by atoms with E-state index in [0.29, 0.717) is 24.5 Å². The van der Waals surface area contributed by atoms with Crippen molar-refractivity contribution in [1.29, 1.82) is 0 Å². The number of aliphatic carboxylic acids is 1. The minimum absolute atomic E-state index is 0.178. The number of amides is 2. The molecule has 2 unspecified atom stereocenters. The average molecular weight is 390 g/mol. The highest BCUT2D eigenvalue weighted by atomic mass is 79.9. The van der Waals surface area contributed by atoms with Crippen LogP contribution < -0.4 is 5.32 Å². The molecule has 0 bridgehead atoms. The lowest BCUT2D eigenvalue weighted by molar-refractivity contribution is -0.143. The van der Waals surface area contributed by atoms with Gasteiger partial charge in [0.2, 0.25) is 0 Å². The summed E-state index contributed by atoms with van der Waals surface area (Å²) in [5.74, 6) is -1.16. The summed E-state index contributed by atoms with van der Waals surface area (Å²) in [6, 6.07) is 5.21. The van der Waals surface area contributed by atoms with Gasteiger partial charge in [-0.2, -0.15) is 0 Å². The number of rotatable bonds is 3. The number of urea groups is 1. The van der Waals surface area contributed by atoms with Crippen molar-refractivity contribution in [2.45, 2.75) is 19.9 Å². The molecule has 1 aliphatic heterocycles. The molecule has 1 aromatic rings. The molecule has 7 heteroatoms. The Hall–Kier alpha value is -1.27. The summed E-state index contributed by atoms with van der Waals surface area (Å²) in [5.41, 5.74) is 0.818. The van der Waals surface area contributed by atoms with Gasteiger partial charge in [0.15, 0.2) is 0 Å². The van der Waals surface area contributed by atoms with Crippen molar-refractivity contribution < 1.29 is 14.7 Å². The average Bonchev–Trinajstić information content (AvgIpc) is 2.45. The fourth-order valence-electron chi connectivity index (χ4n) is 2.64. The maximum atomic E-state index is 12.2. The van der Waals surface area contributed by atoms with E-state index in [1.807, 2.05) is 19.1 Å². The van der Waals surface area contributed by atoms with Gasteiger partial charge in [0.05, 0.1) is 5.92 Å². The third-order valence-electron chi connectivity index (χ3n) is 3.74. The first-order chi connectivity index (χ1) is 10.4. The molecule has 1 saturated heterocycles. The molecular formula is C15H18BrClN2O3. The molecular weight excluding hydrogens is 372 g/mol. The van der Waals surface area contributed by atoms with Crippen LogP contribution in [0.25, 0.3) is 0 Å². The smallest absolute Gasteiger partial charge is 0.317 e. The van der Waals surface area contributed by atoms with Crippen molar-refractivity contribution in [2.75, 3.05) is 13.1 Å². The van der Waals surface area contributed by atoms with E-state index in [0.717, 1.165) is 10.0 Å². The molecule has 0 saturated carbocycles. The summed E-state index contributed by atoms with van der Waals surface area (Å²) in [5, 5.41) is 12.5. The van der Waals surface area contributed by atoms with Crippen LogP contribution in [-0.4, -0.2) is 35.1 Å². The molecule has 2 N–H and O–H groups in total. The van der Waals surface area contributed by atoms with Crippen LogP contribution in [0.2, 0.25) is 5.02 Å². The molecule has 0 aliphatic carbocycles. The zero-order valence-corrected chi connectivity index (χ0v) is 14.5. The number of carboxylic acid groups (broad SMARTS) is 1. The van der Waals surface area contributed by atoms with Gasteiger partial charge in [0.1, 0.15) is 0 Å². The Labute approximate surface area is 142 Å². The van der Waals surface area contributed by atoms with E-state index >= 15 is 0 Å². The lowest BCUT2D eigenvalue weighted by Gasteiger charge is -2.34. The van der Waals surface area contributed by atoms with E-state index in [-0.39, 0.29) is 18.5 Å². The maximum absolute atomic E-state index is 12.2. The van der Waals surface area contributed by atoms with Gasteiger partial charge >= 0.3 is 12.0 Å². The molecule has 5 nitrogen and oxygen atoms in total. The molecule has 22 heavy (non-hydrogen) atoms. The Bertz CT molecular complexity index is 582. The molecule has 2 atom stereocenters. The number of nitrogens with zero attached hydrogens (tertiary/aromatic N) is 1. The lowest BCUT2D eigenvalue weighted by atomic mass is 9.91. The summed E-state index contributed by atoms with van der Waals surface area (Å²) >= 11 is 9.44. The second-order valence-corrected chi connectivity index (χ2v) is 7.00. The first-order valence-corrected chi connectivity index (χ1v) is 8.23. The van der Waals surface area contributed by atoms with Crippen molar-refractivity contribution in [1.82, 2.24) is 10.2 Å². The third kappa shape index (κ3) is 4.36. The maximum Gasteiger partial charge on any atom is 0.317 e. The minimum atomic E-state index is -0.847. The van der Waals surface area contributed by atoms with Gasteiger partial charge in [-0.3, -0.25) is 4.79 Å². The molecule has 2 rings (SSSR count). The van der Waals surface area contributed by atoms with Crippen LogP contribution in [0.3, 0.4) is 0 Å². The van der Waals surface area contributed by atoms with Crippen LogP contribution in [-0.2, 0) is 11.3 Å². The highest BCUT2D eigenvalue weighted by Gasteiger charge is 2.31. The third-order valence-corrected chi connectivity index (χ3v) is 4.59. The van der Waals surface area contributed by atoms with E-state index in [1.165, 1.54) is 0 Å². The Morgan fingerprint density at radius 3 is 2.82 bits per heavy atom. The monoisotopic (exact) mass is 388 g/mol. The molecule has 0 aromatic heterocycles. The van der Waals surface area contributed by atoms with E-state index in [1.54, 1.807) is 11.0 Å². The quantitative estimate of drug-likeness (QED) is 0.833. The topological polar surface area (TPSA) is 69.6 Å². The minimum Gasteiger partial charge on any atom is -0.481 e. The first-order valence-electron chi connectivity index (χ1n) is 7.06. The first kappa shape index (κ1) is 17.1. The molecule has 120 valence electrons. The number of likely N-dealkylation sites (tertiary alicyclic amines) is 1. The summed E-state index contributed by atoms with van der Waals surface area (Å²) < 4.78 is 0.877. The number of carbonyl (C=O) groups is 2. The van der Waals surface area contributed by atoms with Crippen LogP contribution in [0.1, 0.15) is 18.9 Å². The number of carbonyl (C=O) groups excluding carboxylic acids is 1. The highest BCUT2D eigenvalue weighted by molar-refractivity contribution is 9.10. The van der Waals surface area contributed by atoms with Crippen molar-refractivity contribution in [3.05, 3.63) is 33.3 Å². The van der Waals surface area contributed by atoms with Gasteiger partial charge in [-0.1, -0.05) is 40.5 Å². The van der Waals surface area contributed by atoms with Gasteiger partial charge in [-0.15, -0.1) is 0 Å². The second-order valence-electron chi connectivity index (χ2n) is 5.68. The number of carboxylic acids is 1. The Kier molecular flexibility index (Phi) is 5.69. The lowest BCUT2D eigenvalue weighted by Crippen LogP contribution is -2.49.